The van der Waals surface area contributed by atoms with Crippen molar-refractivity contribution in [3.8, 4) is 5.69 Å². The Labute approximate surface area is 150 Å². The second-order valence-corrected chi connectivity index (χ2v) is 5.61. The van der Waals surface area contributed by atoms with Crippen LogP contribution in [0.25, 0.3) is 5.69 Å². The fourth-order valence-electron chi connectivity index (χ4n) is 2.49. The zero-order valence-electron chi connectivity index (χ0n) is 13.9. The number of carbonyl (C=O) groups excluding carboxylic acids is 1. The number of hydrogen-bond acceptors (Lipinski definition) is 3. The largest absolute Gasteiger partial charge is 0.478 e. The Morgan fingerprint density at radius 2 is 1.73 bits per heavy atom. The van der Waals surface area contributed by atoms with E-state index >= 15 is 0 Å². The molecule has 0 fully saturated rings. The van der Waals surface area contributed by atoms with Gasteiger partial charge in [0.25, 0.3) is 0 Å². The van der Waals surface area contributed by atoms with Crippen molar-refractivity contribution < 1.29 is 14.7 Å². The zero-order chi connectivity index (χ0) is 18.4. The maximum atomic E-state index is 11.9. The number of hydrogen-bond donors (Lipinski definition) is 2. The van der Waals surface area contributed by atoms with E-state index < -0.39 is 5.97 Å². The summed E-state index contributed by atoms with van der Waals surface area (Å²) in [6, 6.07) is 19.6. The lowest BCUT2D eigenvalue weighted by Gasteiger charge is -2.06. The van der Waals surface area contributed by atoms with Crippen LogP contribution in [0.5, 0.6) is 0 Å². The number of carboxylic acid groups (broad SMARTS) is 1. The first kappa shape index (κ1) is 17.2. The average Bonchev–Trinajstić information content (AvgIpc) is 3.11. The molecule has 1 aromatic heterocycles. The van der Waals surface area contributed by atoms with E-state index in [1.165, 1.54) is 0 Å². The van der Waals surface area contributed by atoms with Gasteiger partial charge in [-0.05, 0) is 42.0 Å². The SMILES string of the molecule is O=C(Cc1ccccc1)NN=Cc1cccn1-c1ccc(C(=O)O)cc1. The molecule has 0 saturated carbocycles. The van der Waals surface area contributed by atoms with E-state index in [4.69, 9.17) is 5.11 Å². The first-order valence-electron chi connectivity index (χ1n) is 8.00. The standard InChI is InChI=1S/C20H17N3O3/c24-19(13-15-5-2-1-3-6-15)22-21-14-18-7-4-12-23(18)17-10-8-16(9-11-17)20(25)26/h1-12,14H,13H2,(H,22,24)(H,25,26). The number of carboxylic acids is 1. The lowest BCUT2D eigenvalue weighted by atomic mass is 10.1. The van der Waals surface area contributed by atoms with Gasteiger partial charge in [0.2, 0.25) is 5.91 Å². The number of aromatic carboxylic acids is 1. The van der Waals surface area contributed by atoms with Crippen LogP contribution >= 0.6 is 0 Å². The van der Waals surface area contributed by atoms with Crippen molar-refractivity contribution in [2.45, 2.75) is 6.42 Å². The highest BCUT2D eigenvalue weighted by atomic mass is 16.4. The summed E-state index contributed by atoms with van der Waals surface area (Å²) in [5.74, 6) is -1.16. The van der Waals surface area contributed by atoms with Gasteiger partial charge in [-0.25, -0.2) is 10.2 Å². The number of benzene rings is 2. The Morgan fingerprint density at radius 1 is 1.00 bits per heavy atom. The van der Waals surface area contributed by atoms with Crippen molar-refractivity contribution >= 4 is 18.1 Å². The van der Waals surface area contributed by atoms with Gasteiger partial charge < -0.3 is 9.67 Å². The molecule has 2 aromatic carbocycles. The maximum Gasteiger partial charge on any atom is 0.335 e. The zero-order valence-corrected chi connectivity index (χ0v) is 13.9. The first-order valence-corrected chi connectivity index (χ1v) is 8.00. The summed E-state index contributed by atoms with van der Waals surface area (Å²) in [4.78, 5) is 22.8. The average molecular weight is 347 g/mol. The Kier molecular flexibility index (Phi) is 5.24. The van der Waals surface area contributed by atoms with E-state index in [9.17, 15) is 9.59 Å². The fraction of sp³-hybridized carbons (Fsp3) is 0.0500. The third-order valence-corrected chi connectivity index (χ3v) is 3.77. The summed E-state index contributed by atoms with van der Waals surface area (Å²) in [5.41, 5.74) is 5.22. The molecule has 3 rings (SSSR count). The first-order chi connectivity index (χ1) is 12.6. The molecular weight excluding hydrogens is 330 g/mol. The molecule has 0 aliphatic heterocycles. The van der Waals surface area contributed by atoms with Crippen LogP contribution < -0.4 is 5.43 Å². The summed E-state index contributed by atoms with van der Waals surface area (Å²) in [6.45, 7) is 0. The molecular formula is C20H17N3O3. The van der Waals surface area contributed by atoms with Gasteiger partial charge in [-0.2, -0.15) is 5.10 Å². The second kappa shape index (κ2) is 7.94. The van der Waals surface area contributed by atoms with E-state index in [2.05, 4.69) is 10.5 Å². The molecule has 0 aliphatic rings. The highest BCUT2D eigenvalue weighted by Gasteiger charge is 2.05. The smallest absolute Gasteiger partial charge is 0.335 e. The van der Waals surface area contributed by atoms with Crippen molar-refractivity contribution in [1.29, 1.82) is 0 Å². The Balaban J connectivity index is 1.66. The Morgan fingerprint density at radius 3 is 2.42 bits per heavy atom. The Bertz CT molecular complexity index is 928. The summed E-state index contributed by atoms with van der Waals surface area (Å²) >= 11 is 0. The van der Waals surface area contributed by atoms with Gasteiger partial charge in [0.15, 0.2) is 0 Å². The molecule has 0 bridgehead atoms. The molecule has 0 saturated heterocycles. The van der Waals surface area contributed by atoms with E-state index in [1.807, 2.05) is 53.2 Å². The van der Waals surface area contributed by atoms with E-state index in [-0.39, 0.29) is 17.9 Å². The molecule has 6 heteroatoms. The molecule has 6 nitrogen and oxygen atoms in total. The summed E-state index contributed by atoms with van der Waals surface area (Å²) in [6.07, 6.45) is 3.65. The fourth-order valence-corrected chi connectivity index (χ4v) is 2.49. The predicted octanol–water partition coefficient (Wildman–Crippen LogP) is 2.87. The van der Waals surface area contributed by atoms with Gasteiger partial charge in [-0.1, -0.05) is 30.3 Å². The highest BCUT2D eigenvalue weighted by Crippen LogP contribution is 2.13. The van der Waals surface area contributed by atoms with Crippen molar-refractivity contribution in [3.63, 3.8) is 0 Å². The van der Waals surface area contributed by atoms with Crippen LogP contribution in [0.1, 0.15) is 21.6 Å². The molecule has 0 spiro atoms. The molecule has 0 aliphatic carbocycles. The third-order valence-electron chi connectivity index (χ3n) is 3.77. The lowest BCUT2D eigenvalue weighted by Crippen LogP contribution is -2.19. The van der Waals surface area contributed by atoms with Crippen molar-refractivity contribution in [2.75, 3.05) is 0 Å². The van der Waals surface area contributed by atoms with Crippen molar-refractivity contribution in [1.82, 2.24) is 9.99 Å². The number of carbonyl (C=O) groups is 2. The van der Waals surface area contributed by atoms with Gasteiger partial charge in [-0.15, -0.1) is 0 Å². The number of hydrazone groups is 1. The van der Waals surface area contributed by atoms with Gasteiger partial charge in [0, 0.05) is 11.9 Å². The number of nitrogens with one attached hydrogen (secondary N) is 1. The lowest BCUT2D eigenvalue weighted by molar-refractivity contribution is -0.120. The van der Waals surface area contributed by atoms with Gasteiger partial charge in [-0.3, -0.25) is 4.79 Å². The van der Waals surface area contributed by atoms with Crippen LogP contribution in [-0.4, -0.2) is 27.8 Å². The van der Waals surface area contributed by atoms with Crippen LogP contribution in [0.4, 0.5) is 0 Å². The van der Waals surface area contributed by atoms with Gasteiger partial charge in [0.05, 0.1) is 23.9 Å². The Hall–Kier alpha value is -3.67. The van der Waals surface area contributed by atoms with Crippen LogP contribution in [0.3, 0.4) is 0 Å². The second-order valence-electron chi connectivity index (χ2n) is 5.61. The predicted molar refractivity (Wildman–Crippen MR) is 98.6 cm³/mol. The van der Waals surface area contributed by atoms with Gasteiger partial charge in [0.1, 0.15) is 0 Å². The van der Waals surface area contributed by atoms with Crippen LogP contribution in [-0.2, 0) is 11.2 Å². The van der Waals surface area contributed by atoms with Crippen molar-refractivity contribution in [2.24, 2.45) is 5.10 Å². The number of amides is 1. The third kappa shape index (κ3) is 4.24. The normalized spacial score (nSPS) is 10.8. The summed E-state index contributed by atoms with van der Waals surface area (Å²) in [7, 11) is 0. The van der Waals surface area contributed by atoms with E-state index in [1.54, 1.807) is 30.5 Å². The molecule has 130 valence electrons. The molecule has 3 aromatic rings. The minimum atomic E-state index is -0.966. The van der Waals surface area contributed by atoms with Crippen LogP contribution in [0.15, 0.2) is 78.0 Å². The van der Waals surface area contributed by atoms with Crippen molar-refractivity contribution in [3.05, 3.63) is 89.7 Å². The number of rotatable bonds is 6. The molecule has 0 atom stereocenters. The molecule has 1 amide bonds. The highest BCUT2D eigenvalue weighted by molar-refractivity contribution is 5.88. The van der Waals surface area contributed by atoms with E-state index in [0.29, 0.717) is 0 Å². The topological polar surface area (TPSA) is 83.7 Å². The molecule has 2 N–H and O–H groups in total. The minimum Gasteiger partial charge on any atom is -0.478 e. The van der Waals surface area contributed by atoms with Crippen LogP contribution in [0, 0.1) is 0 Å². The molecule has 26 heavy (non-hydrogen) atoms. The van der Waals surface area contributed by atoms with E-state index in [0.717, 1.165) is 16.9 Å². The molecule has 0 radical (unpaired) electrons. The summed E-state index contributed by atoms with van der Waals surface area (Å²) in [5, 5.41) is 13.0. The molecule has 1 heterocycles. The summed E-state index contributed by atoms with van der Waals surface area (Å²) < 4.78 is 1.85. The van der Waals surface area contributed by atoms with Gasteiger partial charge >= 0.3 is 5.97 Å². The monoisotopic (exact) mass is 347 g/mol. The number of nitrogens with zero attached hydrogens (tertiary/aromatic N) is 2. The molecule has 0 unspecified atom stereocenters. The minimum absolute atomic E-state index is 0.198. The van der Waals surface area contributed by atoms with Crippen LogP contribution in [0.2, 0.25) is 0 Å². The quantitative estimate of drug-likeness (QED) is 0.531. The number of aromatic nitrogens is 1. The maximum absolute atomic E-state index is 11.9.